The number of hydrogen-bond donors (Lipinski definition) is 2. The van der Waals surface area contributed by atoms with Crippen LogP contribution in [0.25, 0.3) is 0 Å². The van der Waals surface area contributed by atoms with Gasteiger partial charge in [0.05, 0.1) is 22.0 Å². The van der Waals surface area contributed by atoms with E-state index >= 15 is 0 Å². The number of aliphatic hydroxyl groups is 1. The quantitative estimate of drug-likeness (QED) is 0.868. The van der Waals surface area contributed by atoms with E-state index < -0.39 is 6.10 Å². The van der Waals surface area contributed by atoms with E-state index in [-0.39, 0.29) is 11.9 Å². The fraction of sp³-hybridized carbons (Fsp3) is 0.500. The standard InChI is InChI=1S/C10H12Cl2N2O2S/c1-14(6-3-13-4-7(6)15)10(16)5-2-8(11)17-9(5)12/h2,6-7,13,15H,3-4H2,1H3/t6-,7-/m1/s1. The van der Waals surface area contributed by atoms with Crippen molar-refractivity contribution >= 4 is 40.4 Å². The number of nitrogens with zero attached hydrogens (tertiary/aromatic N) is 1. The second-order valence-electron chi connectivity index (χ2n) is 3.95. The molecular weight excluding hydrogens is 283 g/mol. The van der Waals surface area contributed by atoms with Gasteiger partial charge in [-0.1, -0.05) is 23.2 Å². The maximum absolute atomic E-state index is 12.2. The fourth-order valence-electron chi connectivity index (χ4n) is 1.87. The highest BCUT2D eigenvalue weighted by Crippen LogP contribution is 2.32. The largest absolute Gasteiger partial charge is 0.390 e. The zero-order valence-corrected chi connectivity index (χ0v) is 11.4. The summed E-state index contributed by atoms with van der Waals surface area (Å²) < 4.78 is 0.865. The molecule has 7 heteroatoms. The highest BCUT2D eigenvalue weighted by atomic mass is 35.5. The average Bonchev–Trinajstić information content (AvgIpc) is 2.82. The minimum atomic E-state index is -0.545. The van der Waals surface area contributed by atoms with E-state index in [1.165, 1.54) is 4.90 Å². The summed E-state index contributed by atoms with van der Waals surface area (Å²) in [6, 6.07) is 1.33. The molecule has 0 aromatic carbocycles. The highest BCUT2D eigenvalue weighted by molar-refractivity contribution is 7.20. The van der Waals surface area contributed by atoms with Crippen molar-refractivity contribution in [3.63, 3.8) is 0 Å². The third-order valence-electron chi connectivity index (χ3n) is 2.86. The summed E-state index contributed by atoms with van der Waals surface area (Å²) in [5, 5.41) is 12.7. The van der Waals surface area contributed by atoms with Crippen LogP contribution in [0, 0.1) is 0 Å². The van der Waals surface area contributed by atoms with Gasteiger partial charge in [0.15, 0.2) is 0 Å². The molecule has 0 radical (unpaired) electrons. The number of likely N-dealkylation sites (N-methyl/N-ethyl adjacent to an activating group) is 1. The summed E-state index contributed by atoms with van der Waals surface area (Å²) in [6.07, 6.45) is -0.545. The van der Waals surface area contributed by atoms with E-state index in [1.807, 2.05) is 0 Å². The van der Waals surface area contributed by atoms with Crippen LogP contribution >= 0.6 is 34.5 Å². The van der Waals surface area contributed by atoms with Gasteiger partial charge in [-0.15, -0.1) is 11.3 Å². The van der Waals surface area contributed by atoms with Gasteiger partial charge >= 0.3 is 0 Å². The Labute approximate surface area is 113 Å². The predicted octanol–water partition coefficient (Wildman–Crippen LogP) is 1.46. The van der Waals surface area contributed by atoms with Gasteiger partial charge in [-0.25, -0.2) is 0 Å². The Bertz CT molecular complexity index is 438. The molecule has 0 bridgehead atoms. The van der Waals surface area contributed by atoms with Gasteiger partial charge in [0.1, 0.15) is 4.34 Å². The first-order chi connectivity index (χ1) is 8.00. The van der Waals surface area contributed by atoms with Crippen molar-refractivity contribution in [2.24, 2.45) is 0 Å². The zero-order chi connectivity index (χ0) is 12.6. The number of rotatable bonds is 2. The molecule has 2 atom stereocenters. The maximum atomic E-state index is 12.2. The van der Waals surface area contributed by atoms with E-state index in [4.69, 9.17) is 23.2 Å². The maximum Gasteiger partial charge on any atom is 0.256 e. The van der Waals surface area contributed by atoms with Crippen LogP contribution in [0.2, 0.25) is 8.67 Å². The van der Waals surface area contributed by atoms with Gasteiger partial charge in [0.2, 0.25) is 0 Å². The highest BCUT2D eigenvalue weighted by Gasteiger charge is 2.32. The average molecular weight is 295 g/mol. The molecule has 94 valence electrons. The van der Waals surface area contributed by atoms with Gasteiger partial charge in [-0.3, -0.25) is 4.79 Å². The Morgan fingerprint density at radius 2 is 2.29 bits per heavy atom. The first kappa shape index (κ1) is 13.1. The number of aliphatic hydroxyl groups excluding tert-OH is 1. The van der Waals surface area contributed by atoms with E-state index in [0.717, 1.165) is 11.3 Å². The number of amides is 1. The second-order valence-corrected chi connectivity index (χ2v) is 6.23. The monoisotopic (exact) mass is 294 g/mol. The molecule has 4 nitrogen and oxygen atoms in total. The van der Waals surface area contributed by atoms with Crippen molar-refractivity contribution in [3.8, 4) is 0 Å². The Morgan fingerprint density at radius 3 is 2.76 bits per heavy atom. The van der Waals surface area contributed by atoms with E-state index in [9.17, 15) is 9.90 Å². The minimum Gasteiger partial charge on any atom is -0.390 e. The van der Waals surface area contributed by atoms with Crippen LogP contribution in [-0.4, -0.2) is 48.2 Å². The SMILES string of the molecule is CN(C(=O)c1cc(Cl)sc1Cl)[C@@H]1CNC[C@H]1O. The molecule has 1 aliphatic heterocycles. The molecule has 1 aromatic heterocycles. The second kappa shape index (κ2) is 5.12. The summed E-state index contributed by atoms with van der Waals surface area (Å²) in [7, 11) is 1.66. The van der Waals surface area contributed by atoms with Crippen LogP contribution in [-0.2, 0) is 0 Å². The number of thiophene rings is 1. The molecule has 0 saturated carbocycles. The van der Waals surface area contributed by atoms with Gasteiger partial charge in [0.25, 0.3) is 5.91 Å². The van der Waals surface area contributed by atoms with E-state index in [1.54, 1.807) is 13.1 Å². The molecule has 1 fully saturated rings. The lowest BCUT2D eigenvalue weighted by Gasteiger charge is -2.26. The molecular formula is C10H12Cl2N2O2S. The van der Waals surface area contributed by atoms with Crippen LogP contribution in [0.15, 0.2) is 6.07 Å². The molecule has 2 heterocycles. The summed E-state index contributed by atoms with van der Waals surface area (Å²) in [5.41, 5.74) is 0.392. The number of halogens is 2. The van der Waals surface area contributed by atoms with Crippen LogP contribution < -0.4 is 5.32 Å². The van der Waals surface area contributed by atoms with Crippen molar-refractivity contribution in [1.29, 1.82) is 0 Å². The number of β-amino-alcohol motifs (C(OH)–C–C–N with tert-alkyl or cyclic N) is 1. The molecule has 2 N–H and O–H groups in total. The van der Waals surface area contributed by atoms with Crippen molar-refractivity contribution in [2.45, 2.75) is 12.1 Å². The molecule has 2 rings (SSSR count). The van der Waals surface area contributed by atoms with Crippen molar-refractivity contribution in [3.05, 3.63) is 20.3 Å². The molecule has 0 spiro atoms. The number of nitrogens with one attached hydrogen (secondary N) is 1. The third kappa shape index (κ3) is 2.58. The summed E-state index contributed by atoms with van der Waals surface area (Å²) in [5.74, 6) is -0.217. The summed E-state index contributed by atoms with van der Waals surface area (Å²) in [6.45, 7) is 1.08. The van der Waals surface area contributed by atoms with Gasteiger partial charge < -0.3 is 15.3 Å². The fourth-order valence-corrected chi connectivity index (χ4v) is 3.32. The first-order valence-corrected chi connectivity index (χ1v) is 6.68. The topological polar surface area (TPSA) is 52.6 Å². The summed E-state index contributed by atoms with van der Waals surface area (Å²) in [4.78, 5) is 13.7. The Kier molecular flexibility index (Phi) is 3.95. The number of carbonyl (C=O) groups is 1. The van der Waals surface area contributed by atoms with E-state index in [2.05, 4.69) is 5.32 Å². The molecule has 1 aliphatic rings. The summed E-state index contributed by atoms with van der Waals surface area (Å²) >= 11 is 12.9. The lowest BCUT2D eigenvalue weighted by Crippen LogP contribution is -2.44. The van der Waals surface area contributed by atoms with Crippen molar-refractivity contribution < 1.29 is 9.90 Å². The van der Waals surface area contributed by atoms with Crippen LogP contribution in [0.4, 0.5) is 0 Å². The first-order valence-electron chi connectivity index (χ1n) is 5.11. The Balaban J connectivity index is 2.17. The Morgan fingerprint density at radius 1 is 1.59 bits per heavy atom. The van der Waals surface area contributed by atoms with Gasteiger partial charge in [0, 0.05) is 20.1 Å². The van der Waals surface area contributed by atoms with Crippen LogP contribution in [0.3, 0.4) is 0 Å². The lowest BCUT2D eigenvalue weighted by atomic mass is 10.1. The minimum absolute atomic E-state index is 0.217. The predicted molar refractivity (Wildman–Crippen MR) is 69.1 cm³/mol. The third-order valence-corrected chi connectivity index (χ3v) is 4.34. The molecule has 1 aromatic rings. The Hall–Kier alpha value is -0.330. The molecule has 1 saturated heterocycles. The molecule has 1 amide bonds. The van der Waals surface area contributed by atoms with Gasteiger partial charge in [-0.2, -0.15) is 0 Å². The van der Waals surface area contributed by atoms with E-state index in [0.29, 0.717) is 27.3 Å². The van der Waals surface area contributed by atoms with Crippen molar-refractivity contribution in [1.82, 2.24) is 10.2 Å². The lowest BCUT2D eigenvalue weighted by molar-refractivity contribution is 0.0582. The number of hydrogen-bond acceptors (Lipinski definition) is 4. The van der Waals surface area contributed by atoms with Crippen LogP contribution in [0.5, 0.6) is 0 Å². The number of carbonyl (C=O) groups excluding carboxylic acids is 1. The van der Waals surface area contributed by atoms with Gasteiger partial charge in [-0.05, 0) is 6.07 Å². The normalized spacial score (nSPS) is 24.0. The molecule has 0 unspecified atom stereocenters. The smallest absolute Gasteiger partial charge is 0.256 e. The van der Waals surface area contributed by atoms with Crippen LogP contribution in [0.1, 0.15) is 10.4 Å². The zero-order valence-electron chi connectivity index (χ0n) is 9.11. The molecule has 17 heavy (non-hydrogen) atoms. The molecule has 0 aliphatic carbocycles. The van der Waals surface area contributed by atoms with Crippen molar-refractivity contribution in [2.75, 3.05) is 20.1 Å².